The highest BCUT2D eigenvalue weighted by Crippen LogP contribution is 2.14. The van der Waals surface area contributed by atoms with E-state index >= 15 is 0 Å². The summed E-state index contributed by atoms with van der Waals surface area (Å²) in [5.74, 6) is -0.151. The lowest BCUT2D eigenvalue weighted by Crippen LogP contribution is -2.27. The molecule has 0 aliphatic rings. The maximum Gasteiger partial charge on any atom is 0.217 e. The van der Waals surface area contributed by atoms with E-state index in [1.165, 1.54) is 142 Å². The third kappa shape index (κ3) is 23.7. The van der Waals surface area contributed by atoms with Crippen molar-refractivity contribution in [3.05, 3.63) is 0 Å². The third-order valence-electron chi connectivity index (χ3n) is 6.30. The van der Waals surface area contributed by atoms with Crippen LogP contribution in [0.1, 0.15) is 149 Å². The Balaban J connectivity index is 3.24. The van der Waals surface area contributed by atoms with E-state index in [-0.39, 0.29) is 5.91 Å². The summed E-state index contributed by atoms with van der Waals surface area (Å²) in [5, 5.41) is 0. The second-order valence-corrected chi connectivity index (χ2v) is 9.42. The first kappa shape index (κ1) is 29.4. The van der Waals surface area contributed by atoms with Gasteiger partial charge < -0.3 is 10.6 Å². The number of unbranched alkanes of at least 4 members (excludes halogenated alkanes) is 17. The third-order valence-corrected chi connectivity index (χ3v) is 6.30. The first-order chi connectivity index (χ1) is 14.7. The van der Waals surface area contributed by atoms with Crippen LogP contribution in [0.2, 0.25) is 0 Å². The maximum absolute atomic E-state index is 10.7. The molecule has 0 saturated carbocycles. The molecule has 0 saturated heterocycles. The number of primary amides is 1. The summed E-state index contributed by atoms with van der Waals surface area (Å²) < 4.78 is 0. The molecular weight excluding hydrogens is 368 g/mol. The molecule has 0 aliphatic carbocycles. The lowest BCUT2D eigenvalue weighted by molar-refractivity contribution is -0.118. The van der Waals surface area contributed by atoms with Crippen LogP contribution in [0.4, 0.5) is 0 Å². The van der Waals surface area contributed by atoms with E-state index in [2.05, 4.69) is 18.7 Å². The van der Waals surface area contributed by atoms with Gasteiger partial charge in [-0.3, -0.25) is 4.79 Å². The molecule has 1 amide bonds. The summed E-state index contributed by atoms with van der Waals surface area (Å²) in [4.78, 5) is 13.4. The monoisotopic (exact) mass is 424 g/mol. The Morgan fingerprint density at radius 3 is 1.13 bits per heavy atom. The van der Waals surface area contributed by atoms with Gasteiger partial charge in [0.25, 0.3) is 0 Å². The van der Waals surface area contributed by atoms with Gasteiger partial charge >= 0.3 is 0 Å². The van der Waals surface area contributed by atoms with E-state index < -0.39 is 0 Å². The van der Waals surface area contributed by atoms with Gasteiger partial charge in [0.2, 0.25) is 5.91 Å². The SMILES string of the molecule is CCCCN(CCCC)CCCCCCCCCCCCCCCCCCC(N)=O. The molecule has 0 spiro atoms. The smallest absolute Gasteiger partial charge is 0.217 e. The second-order valence-electron chi connectivity index (χ2n) is 9.42. The molecule has 3 nitrogen and oxygen atoms in total. The minimum Gasteiger partial charge on any atom is -0.370 e. The zero-order chi connectivity index (χ0) is 22.1. The number of amides is 1. The zero-order valence-corrected chi connectivity index (χ0v) is 20.9. The number of carbonyl (C=O) groups excluding carboxylic acids is 1. The zero-order valence-electron chi connectivity index (χ0n) is 20.9. The molecular formula is C27H56N2O. The lowest BCUT2D eigenvalue weighted by Gasteiger charge is -2.21. The van der Waals surface area contributed by atoms with Crippen molar-refractivity contribution in [1.82, 2.24) is 4.90 Å². The van der Waals surface area contributed by atoms with Gasteiger partial charge in [-0.25, -0.2) is 0 Å². The summed E-state index contributed by atoms with van der Waals surface area (Å²) in [6.07, 6.45) is 27.7. The van der Waals surface area contributed by atoms with Gasteiger partial charge in [-0.2, -0.15) is 0 Å². The molecule has 0 aromatic carbocycles. The van der Waals surface area contributed by atoms with Gasteiger partial charge in [0.1, 0.15) is 0 Å². The van der Waals surface area contributed by atoms with Crippen molar-refractivity contribution in [2.24, 2.45) is 5.73 Å². The number of hydrogen-bond donors (Lipinski definition) is 1. The molecule has 30 heavy (non-hydrogen) atoms. The van der Waals surface area contributed by atoms with Crippen molar-refractivity contribution in [3.8, 4) is 0 Å². The minimum atomic E-state index is -0.151. The fourth-order valence-corrected chi connectivity index (χ4v) is 4.21. The first-order valence-electron chi connectivity index (χ1n) is 13.7. The van der Waals surface area contributed by atoms with Crippen molar-refractivity contribution >= 4 is 5.91 Å². The summed E-state index contributed by atoms with van der Waals surface area (Å²) >= 11 is 0. The van der Waals surface area contributed by atoms with Gasteiger partial charge in [-0.05, 0) is 45.3 Å². The maximum atomic E-state index is 10.7. The molecule has 2 N–H and O–H groups in total. The van der Waals surface area contributed by atoms with Gasteiger partial charge in [0.15, 0.2) is 0 Å². The molecule has 0 unspecified atom stereocenters. The summed E-state index contributed by atoms with van der Waals surface area (Å²) in [6, 6.07) is 0. The number of hydrogen-bond acceptors (Lipinski definition) is 2. The Kier molecular flexibility index (Phi) is 24.2. The highest BCUT2D eigenvalue weighted by Gasteiger charge is 2.03. The minimum absolute atomic E-state index is 0.151. The quantitative estimate of drug-likeness (QED) is 0.151. The molecule has 0 rings (SSSR count). The van der Waals surface area contributed by atoms with Gasteiger partial charge in [0, 0.05) is 6.42 Å². The van der Waals surface area contributed by atoms with E-state index in [1.807, 2.05) is 0 Å². The van der Waals surface area contributed by atoms with Crippen molar-refractivity contribution in [2.45, 2.75) is 149 Å². The Morgan fingerprint density at radius 2 is 0.800 bits per heavy atom. The molecule has 0 radical (unpaired) electrons. The average molecular weight is 425 g/mol. The fraction of sp³-hybridized carbons (Fsp3) is 0.963. The van der Waals surface area contributed by atoms with Crippen molar-refractivity contribution in [2.75, 3.05) is 19.6 Å². The lowest BCUT2D eigenvalue weighted by atomic mass is 10.0. The predicted molar refractivity (Wildman–Crippen MR) is 134 cm³/mol. The Bertz CT molecular complexity index is 338. The summed E-state index contributed by atoms with van der Waals surface area (Å²) in [6.45, 7) is 8.56. The predicted octanol–water partition coefficient (Wildman–Crippen LogP) is 8.01. The molecule has 0 heterocycles. The first-order valence-corrected chi connectivity index (χ1v) is 13.7. The van der Waals surface area contributed by atoms with Gasteiger partial charge in [0.05, 0.1) is 0 Å². The molecule has 180 valence electrons. The molecule has 0 atom stereocenters. The van der Waals surface area contributed by atoms with Gasteiger partial charge in [-0.1, -0.05) is 117 Å². The normalized spacial score (nSPS) is 11.4. The van der Waals surface area contributed by atoms with Crippen LogP contribution >= 0.6 is 0 Å². The highest BCUT2D eigenvalue weighted by molar-refractivity contribution is 5.73. The van der Waals surface area contributed by atoms with E-state index in [0.29, 0.717) is 6.42 Å². The molecule has 0 aliphatic heterocycles. The van der Waals surface area contributed by atoms with Crippen LogP contribution in [0.15, 0.2) is 0 Å². The Morgan fingerprint density at radius 1 is 0.500 bits per heavy atom. The van der Waals surface area contributed by atoms with Crippen LogP contribution in [0.25, 0.3) is 0 Å². The van der Waals surface area contributed by atoms with Crippen LogP contribution in [-0.4, -0.2) is 30.4 Å². The number of rotatable bonds is 25. The van der Waals surface area contributed by atoms with E-state index in [1.54, 1.807) is 0 Å². The number of nitrogens with two attached hydrogens (primary N) is 1. The van der Waals surface area contributed by atoms with Crippen LogP contribution in [-0.2, 0) is 4.79 Å². The van der Waals surface area contributed by atoms with Crippen LogP contribution < -0.4 is 5.73 Å². The van der Waals surface area contributed by atoms with Crippen LogP contribution in [0.3, 0.4) is 0 Å². The summed E-state index contributed by atoms with van der Waals surface area (Å²) in [7, 11) is 0. The van der Waals surface area contributed by atoms with E-state index in [9.17, 15) is 4.79 Å². The molecule has 0 aromatic rings. The molecule has 0 bridgehead atoms. The molecule has 0 fully saturated rings. The molecule has 3 heteroatoms. The molecule has 0 aromatic heterocycles. The van der Waals surface area contributed by atoms with E-state index in [4.69, 9.17) is 5.73 Å². The van der Waals surface area contributed by atoms with Gasteiger partial charge in [-0.15, -0.1) is 0 Å². The topological polar surface area (TPSA) is 46.3 Å². The second kappa shape index (κ2) is 24.7. The highest BCUT2D eigenvalue weighted by atomic mass is 16.1. The van der Waals surface area contributed by atoms with Crippen LogP contribution in [0.5, 0.6) is 0 Å². The van der Waals surface area contributed by atoms with Crippen LogP contribution in [0, 0.1) is 0 Å². The largest absolute Gasteiger partial charge is 0.370 e. The van der Waals surface area contributed by atoms with Crippen molar-refractivity contribution < 1.29 is 4.79 Å². The summed E-state index contributed by atoms with van der Waals surface area (Å²) in [5.41, 5.74) is 5.15. The fourth-order valence-electron chi connectivity index (χ4n) is 4.21. The number of carbonyl (C=O) groups is 1. The average Bonchev–Trinajstić information content (AvgIpc) is 2.73. The Labute approximate surface area is 189 Å². The van der Waals surface area contributed by atoms with E-state index in [0.717, 1.165) is 6.42 Å². The standard InChI is InChI=1S/C27H56N2O/c1-3-5-24-29(25-6-4-2)26-22-20-18-16-14-12-10-8-7-9-11-13-15-17-19-21-23-27(28)30/h3-26H2,1-2H3,(H2,28,30). The van der Waals surface area contributed by atoms with Crippen molar-refractivity contribution in [3.63, 3.8) is 0 Å². The Hall–Kier alpha value is -0.570. The number of nitrogens with zero attached hydrogens (tertiary/aromatic N) is 1. The van der Waals surface area contributed by atoms with Crippen molar-refractivity contribution in [1.29, 1.82) is 0 Å².